The molecule has 2 N–H and O–H groups in total. The SMILES string of the molecule is CCCCOCCCNC(=O)C(CSc1ccc(C(C)C)cc1)NC(C)=O. The van der Waals surface area contributed by atoms with Crippen LogP contribution in [0.5, 0.6) is 0 Å². The average Bonchev–Trinajstić information content (AvgIpc) is 2.64. The zero-order valence-corrected chi connectivity index (χ0v) is 17.9. The first kappa shape index (κ1) is 23.5. The van der Waals surface area contributed by atoms with Crippen LogP contribution in [-0.4, -0.2) is 43.4 Å². The normalized spacial score (nSPS) is 12.0. The van der Waals surface area contributed by atoms with Crippen molar-refractivity contribution in [3.63, 3.8) is 0 Å². The molecule has 27 heavy (non-hydrogen) atoms. The van der Waals surface area contributed by atoms with Crippen LogP contribution in [0.4, 0.5) is 0 Å². The molecule has 0 bridgehead atoms. The van der Waals surface area contributed by atoms with Gasteiger partial charge in [-0.3, -0.25) is 9.59 Å². The lowest BCUT2D eigenvalue weighted by molar-refractivity contribution is -0.127. The minimum absolute atomic E-state index is 0.148. The van der Waals surface area contributed by atoms with Gasteiger partial charge in [-0.15, -0.1) is 11.8 Å². The van der Waals surface area contributed by atoms with Crippen LogP contribution in [0.1, 0.15) is 58.4 Å². The summed E-state index contributed by atoms with van der Waals surface area (Å²) in [5, 5.41) is 5.64. The topological polar surface area (TPSA) is 67.4 Å². The number of amides is 2. The predicted molar refractivity (Wildman–Crippen MR) is 112 cm³/mol. The summed E-state index contributed by atoms with van der Waals surface area (Å²) in [5.41, 5.74) is 1.29. The van der Waals surface area contributed by atoms with Crippen LogP contribution in [-0.2, 0) is 14.3 Å². The van der Waals surface area contributed by atoms with Crippen LogP contribution in [0.15, 0.2) is 29.2 Å². The molecule has 5 nitrogen and oxygen atoms in total. The second-order valence-electron chi connectivity index (χ2n) is 6.90. The minimum Gasteiger partial charge on any atom is -0.381 e. The summed E-state index contributed by atoms with van der Waals surface area (Å²) in [6.45, 7) is 9.84. The Labute approximate surface area is 168 Å². The molecule has 0 heterocycles. The van der Waals surface area contributed by atoms with Gasteiger partial charge < -0.3 is 15.4 Å². The van der Waals surface area contributed by atoms with E-state index >= 15 is 0 Å². The second kappa shape index (κ2) is 13.6. The highest BCUT2D eigenvalue weighted by atomic mass is 32.2. The molecule has 1 aromatic rings. The molecule has 0 aliphatic heterocycles. The highest BCUT2D eigenvalue weighted by Gasteiger charge is 2.19. The van der Waals surface area contributed by atoms with Gasteiger partial charge in [0.15, 0.2) is 0 Å². The second-order valence-corrected chi connectivity index (χ2v) is 7.99. The summed E-state index contributed by atoms with van der Waals surface area (Å²) in [7, 11) is 0. The number of carbonyl (C=O) groups is 2. The smallest absolute Gasteiger partial charge is 0.243 e. The van der Waals surface area contributed by atoms with E-state index in [1.54, 1.807) is 11.8 Å². The van der Waals surface area contributed by atoms with Gasteiger partial charge in [-0.1, -0.05) is 39.3 Å². The molecule has 0 fully saturated rings. The van der Waals surface area contributed by atoms with Crippen LogP contribution in [0.2, 0.25) is 0 Å². The van der Waals surface area contributed by atoms with Gasteiger partial charge in [-0.2, -0.15) is 0 Å². The Bertz CT molecular complexity index is 561. The molecule has 1 rings (SSSR count). The van der Waals surface area contributed by atoms with Gasteiger partial charge >= 0.3 is 0 Å². The van der Waals surface area contributed by atoms with E-state index in [0.29, 0.717) is 24.8 Å². The molecule has 1 aromatic carbocycles. The maximum Gasteiger partial charge on any atom is 0.243 e. The van der Waals surface area contributed by atoms with Gasteiger partial charge in [0, 0.05) is 37.3 Å². The molecule has 0 saturated carbocycles. The van der Waals surface area contributed by atoms with Gasteiger partial charge in [-0.05, 0) is 36.5 Å². The maximum absolute atomic E-state index is 12.4. The molecule has 0 saturated heterocycles. The molecule has 6 heteroatoms. The Hall–Kier alpha value is -1.53. The van der Waals surface area contributed by atoms with E-state index in [1.165, 1.54) is 12.5 Å². The molecule has 0 aliphatic carbocycles. The number of carbonyl (C=O) groups excluding carboxylic acids is 2. The fourth-order valence-electron chi connectivity index (χ4n) is 2.41. The standard InChI is InChI=1S/C21H34N2O3S/c1-5-6-13-26-14-7-12-22-21(25)20(23-17(4)24)15-27-19-10-8-18(9-11-19)16(2)3/h8-11,16,20H,5-7,12-15H2,1-4H3,(H,22,25)(H,23,24). The molecule has 1 unspecified atom stereocenters. The average molecular weight is 395 g/mol. The van der Waals surface area contributed by atoms with E-state index in [1.807, 2.05) is 0 Å². The lowest BCUT2D eigenvalue weighted by Gasteiger charge is -2.17. The number of ether oxygens (including phenoxy) is 1. The molecule has 152 valence electrons. The van der Waals surface area contributed by atoms with Crippen LogP contribution >= 0.6 is 11.8 Å². The van der Waals surface area contributed by atoms with Crippen molar-refractivity contribution >= 4 is 23.6 Å². The van der Waals surface area contributed by atoms with Gasteiger partial charge in [0.2, 0.25) is 11.8 Å². The van der Waals surface area contributed by atoms with Crippen molar-refractivity contribution in [2.75, 3.05) is 25.5 Å². The number of thioether (sulfide) groups is 1. The summed E-state index contributed by atoms with van der Waals surface area (Å²) >= 11 is 1.57. The van der Waals surface area contributed by atoms with E-state index in [9.17, 15) is 9.59 Å². The number of benzene rings is 1. The molecular formula is C21H34N2O3S. The third-order valence-corrected chi connectivity index (χ3v) is 5.17. The molecule has 0 radical (unpaired) electrons. The maximum atomic E-state index is 12.4. The Morgan fingerprint density at radius 2 is 1.78 bits per heavy atom. The number of hydrogen-bond acceptors (Lipinski definition) is 4. The Balaban J connectivity index is 2.42. The molecule has 0 spiro atoms. The third kappa shape index (κ3) is 10.4. The molecule has 2 amide bonds. The van der Waals surface area contributed by atoms with Crippen molar-refractivity contribution in [1.82, 2.24) is 10.6 Å². The quantitative estimate of drug-likeness (QED) is 0.395. The van der Waals surface area contributed by atoms with E-state index < -0.39 is 6.04 Å². The van der Waals surface area contributed by atoms with E-state index in [4.69, 9.17) is 4.74 Å². The van der Waals surface area contributed by atoms with E-state index in [2.05, 4.69) is 55.7 Å². The Morgan fingerprint density at radius 1 is 1.11 bits per heavy atom. The summed E-state index contributed by atoms with van der Waals surface area (Å²) in [5.74, 6) is 0.645. The first-order valence-electron chi connectivity index (χ1n) is 9.79. The number of rotatable bonds is 13. The van der Waals surface area contributed by atoms with Crippen molar-refractivity contribution in [2.24, 2.45) is 0 Å². The van der Waals surface area contributed by atoms with Crippen LogP contribution in [0, 0.1) is 0 Å². The monoisotopic (exact) mass is 394 g/mol. The number of nitrogens with one attached hydrogen (secondary N) is 2. The van der Waals surface area contributed by atoms with E-state index in [-0.39, 0.29) is 11.8 Å². The number of hydrogen-bond donors (Lipinski definition) is 2. The lowest BCUT2D eigenvalue weighted by atomic mass is 10.0. The van der Waals surface area contributed by atoms with Crippen LogP contribution < -0.4 is 10.6 Å². The van der Waals surface area contributed by atoms with Gasteiger partial charge in [0.1, 0.15) is 6.04 Å². The summed E-state index contributed by atoms with van der Waals surface area (Å²) in [4.78, 5) is 24.9. The largest absolute Gasteiger partial charge is 0.381 e. The van der Waals surface area contributed by atoms with Crippen molar-refractivity contribution in [2.45, 2.75) is 63.8 Å². The zero-order valence-electron chi connectivity index (χ0n) is 17.0. The van der Waals surface area contributed by atoms with Gasteiger partial charge in [-0.25, -0.2) is 0 Å². The fourth-order valence-corrected chi connectivity index (χ4v) is 3.34. The van der Waals surface area contributed by atoms with Crippen molar-refractivity contribution in [3.05, 3.63) is 29.8 Å². The van der Waals surface area contributed by atoms with Gasteiger partial charge in [0.05, 0.1) is 0 Å². The minimum atomic E-state index is -0.543. The first-order chi connectivity index (χ1) is 12.9. The zero-order chi connectivity index (χ0) is 20.1. The van der Waals surface area contributed by atoms with Crippen molar-refractivity contribution in [3.8, 4) is 0 Å². The summed E-state index contributed by atoms with van der Waals surface area (Å²) < 4.78 is 5.49. The predicted octanol–water partition coefficient (Wildman–Crippen LogP) is 3.73. The Kier molecular flexibility index (Phi) is 11.9. The van der Waals surface area contributed by atoms with E-state index in [0.717, 1.165) is 30.8 Å². The molecule has 0 aromatic heterocycles. The summed E-state index contributed by atoms with van der Waals surface area (Å²) in [6.07, 6.45) is 2.95. The third-order valence-electron chi connectivity index (χ3n) is 4.06. The van der Waals surface area contributed by atoms with Crippen LogP contribution in [0.25, 0.3) is 0 Å². The number of unbranched alkanes of at least 4 members (excludes halogenated alkanes) is 1. The summed E-state index contributed by atoms with van der Waals surface area (Å²) in [6, 6.07) is 7.81. The Morgan fingerprint density at radius 3 is 2.37 bits per heavy atom. The van der Waals surface area contributed by atoms with Crippen LogP contribution in [0.3, 0.4) is 0 Å². The highest BCUT2D eigenvalue weighted by Crippen LogP contribution is 2.22. The highest BCUT2D eigenvalue weighted by molar-refractivity contribution is 7.99. The molecule has 0 aliphatic rings. The molecule has 1 atom stereocenters. The lowest BCUT2D eigenvalue weighted by Crippen LogP contribution is -2.47. The first-order valence-corrected chi connectivity index (χ1v) is 10.8. The fraction of sp³-hybridized carbons (Fsp3) is 0.619. The van der Waals surface area contributed by atoms with Crippen molar-refractivity contribution in [1.29, 1.82) is 0 Å². The molecular weight excluding hydrogens is 360 g/mol. The van der Waals surface area contributed by atoms with Crippen molar-refractivity contribution < 1.29 is 14.3 Å². The van der Waals surface area contributed by atoms with Gasteiger partial charge in [0.25, 0.3) is 0 Å².